The van der Waals surface area contributed by atoms with Crippen LogP contribution < -0.4 is 5.32 Å². The van der Waals surface area contributed by atoms with E-state index in [1.54, 1.807) is 38.1 Å². The molecule has 1 aromatic carbocycles. The summed E-state index contributed by atoms with van der Waals surface area (Å²) in [5, 5.41) is 26.8. The number of benzene rings is 1. The number of aliphatic hydroxyl groups excluding tert-OH is 1. The van der Waals surface area contributed by atoms with Crippen LogP contribution in [0.4, 0.5) is 11.4 Å². The molecule has 2 N–H and O–H groups in total. The van der Waals surface area contributed by atoms with Crippen LogP contribution in [-0.2, 0) is 17.9 Å². The number of amides is 1. The van der Waals surface area contributed by atoms with E-state index < -0.39 is 4.92 Å². The number of aryl methyl sites for hydroxylation is 2. The summed E-state index contributed by atoms with van der Waals surface area (Å²) in [6.45, 7) is 3.34. The van der Waals surface area contributed by atoms with E-state index in [2.05, 4.69) is 10.4 Å². The van der Waals surface area contributed by atoms with Gasteiger partial charge in [-0.05, 0) is 31.5 Å². The molecule has 0 bridgehead atoms. The van der Waals surface area contributed by atoms with Crippen LogP contribution in [0.25, 0.3) is 0 Å². The summed E-state index contributed by atoms with van der Waals surface area (Å²) >= 11 is 0. The Hall–Kier alpha value is -2.74. The van der Waals surface area contributed by atoms with Gasteiger partial charge in [0.2, 0.25) is 5.91 Å². The van der Waals surface area contributed by atoms with Crippen molar-refractivity contribution in [1.82, 2.24) is 9.78 Å². The largest absolute Gasteiger partial charge is 0.392 e. The highest BCUT2D eigenvalue weighted by Gasteiger charge is 2.21. The van der Waals surface area contributed by atoms with Gasteiger partial charge in [-0.15, -0.1) is 0 Å². The van der Waals surface area contributed by atoms with Crippen molar-refractivity contribution < 1.29 is 14.8 Å². The first kappa shape index (κ1) is 16.6. The zero-order valence-corrected chi connectivity index (χ0v) is 12.9. The van der Waals surface area contributed by atoms with E-state index in [-0.39, 0.29) is 31.2 Å². The second-order valence-corrected chi connectivity index (χ2v) is 5.16. The third kappa shape index (κ3) is 3.92. The summed E-state index contributed by atoms with van der Waals surface area (Å²) in [4.78, 5) is 22.5. The minimum Gasteiger partial charge on any atom is -0.392 e. The third-order valence-electron chi connectivity index (χ3n) is 3.47. The average Bonchev–Trinajstić information content (AvgIpc) is 2.79. The molecule has 0 saturated carbocycles. The van der Waals surface area contributed by atoms with Crippen LogP contribution in [-0.4, -0.2) is 25.7 Å². The van der Waals surface area contributed by atoms with Crippen molar-refractivity contribution in [1.29, 1.82) is 0 Å². The molecule has 0 radical (unpaired) electrons. The van der Waals surface area contributed by atoms with Gasteiger partial charge in [0.05, 0.1) is 18.1 Å². The molecule has 2 rings (SSSR count). The monoisotopic (exact) mass is 318 g/mol. The fourth-order valence-corrected chi connectivity index (χ4v) is 2.35. The number of anilines is 1. The predicted molar refractivity (Wildman–Crippen MR) is 84.0 cm³/mol. The molecule has 1 aromatic heterocycles. The van der Waals surface area contributed by atoms with Crippen molar-refractivity contribution in [2.24, 2.45) is 0 Å². The number of rotatable bonds is 6. The first-order valence-corrected chi connectivity index (χ1v) is 7.10. The summed E-state index contributed by atoms with van der Waals surface area (Å²) in [7, 11) is 0. The highest BCUT2D eigenvalue weighted by atomic mass is 16.6. The number of nitrogens with zero attached hydrogens (tertiary/aromatic N) is 3. The molecule has 0 saturated heterocycles. The second kappa shape index (κ2) is 7.01. The lowest BCUT2D eigenvalue weighted by Gasteiger charge is -2.07. The fraction of sp³-hybridized carbons (Fsp3) is 0.333. The van der Waals surface area contributed by atoms with Gasteiger partial charge in [0.25, 0.3) is 0 Å². The van der Waals surface area contributed by atoms with Gasteiger partial charge in [0.15, 0.2) is 0 Å². The molecule has 0 spiro atoms. The van der Waals surface area contributed by atoms with Gasteiger partial charge in [0.1, 0.15) is 11.4 Å². The molecule has 8 heteroatoms. The number of aliphatic hydroxyl groups is 1. The first-order valence-electron chi connectivity index (χ1n) is 7.10. The molecule has 1 amide bonds. The topological polar surface area (TPSA) is 110 Å². The number of nitro groups is 1. The third-order valence-corrected chi connectivity index (χ3v) is 3.47. The zero-order chi connectivity index (χ0) is 17.0. The molecular weight excluding hydrogens is 300 g/mol. The second-order valence-electron chi connectivity index (χ2n) is 5.16. The van der Waals surface area contributed by atoms with Crippen LogP contribution in [0.15, 0.2) is 24.3 Å². The van der Waals surface area contributed by atoms with Gasteiger partial charge in [-0.2, -0.15) is 5.10 Å². The quantitative estimate of drug-likeness (QED) is 0.624. The molecule has 2 aromatic rings. The minimum atomic E-state index is -0.464. The fourth-order valence-electron chi connectivity index (χ4n) is 2.35. The van der Waals surface area contributed by atoms with E-state index >= 15 is 0 Å². The highest BCUT2D eigenvalue weighted by Crippen LogP contribution is 2.22. The maximum atomic E-state index is 12.0. The van der Waals surface area contributed by atoms with Gasteiger partial charge < -0.3 is 10.4 Å². The Balaban J connectivity index is 1.99. The lowest BCUT2D eigenvalue weighted by Crippen LogP contribution is -2.15. The summed E-state index contributed by atoms with van der Waals surface area (Å²) in [5.41, 5.74) is 2.06. The minimum absolute atomic E-state index is 0.0129. The Morgan fingerprint density at radius 2 is 2.17 bits per heavy atom. The van der Waals surface area contributed by atoms with E-state index in [1.165, 1.54) is 4.68 Å². The Morgan fingerprint density at radius 1 is 1.43 bits per heavy atom. The number of nitrogens with one attached hydrogen (secondary N) is 1. The predicted octanol–water partition coefficient (Wildman–Crippen LogP) is 1.93. The standard InChI is InChI=1S/C15H18N4O4/c1-10-15(19(22)23)11(2)18(17-10)7-6-14(21)16-13-5-3-4-12(8-13)9-20/h3-5,8,20H,6-7,9H2,1-2H3,(H,16,21). The smallest absolute Gasteiger partial charge is 0.312 e. The van der Waals surface area contributed by atoms with E-state index in [9.17, 15) is 14.9 Å². The van der Waals surface area contributed by atoms with E-state index in [0.717, 1.165) is 0 Å². The number of carbonyl (C=O) groups excluding carboxylic acids is 1. The SMILES string of the molecule is Cc1nn(CCC(=O)Nc2cccc(CO)c2)c(C)c1[N+](=O)[O-]. The Kier molecular flexibility index (Phi) is 5.07. The molecule has 0 aliphatic heterocycles. The zero-order valence-electron chi connectivity index (χ0n) is 12.9. The van der Waals surface area contributed by atoms with Gasteiger partial charge >= 0.3 is 5.69 Å². The van der Waals surface area contributed by atoms with Gasteiger partial charge in [-0.3, -0.25) is 19.6 Å². The van der Waals surface area contributed by atoms with Gasteiger partial charge in [-0.25, -0.2) is 0 Å². The summed E-state index contributed by atoms with van der Waals surface area (Å²) in [6, 6.07) is 6.91. The number of aromatic nitrogens is 2. The van der Waals surface area contributed by atoms with E-state index in [1.807, 2.05) is 0 Å². The lowest BCUT2D eigenvalue weighted by atomic mass is 10.2. The molecule has 0 aliphatic carbocycles. The van der Waals surface area contributed by atoms with Crippen LogP contribution >= 0.6 is 0 Å². The summed E-state index contributed by atoms with van der Waals surface area (Å²) in [5.74, 6) is -0.227. The van der Waals surface area contributed by atoms with Crippen molar-refractivity contribution >= 4 is 17.3 Å². The molecular formula is C15H18N4O4. The average molecular weight is 318 g/mol. The Labute approximate surface area is 132 Å². The van der Waals surface area contributed by atoms with Gasteiger partial charge in [-0.1, -0.05) is 12.1 Å². The Morgan fingerprint density at radius 3 is 2.78 bits per heavy atom. The molecule has 122 valence electrons. The van der Waals surface area contributed by atoms with Crippen LogP contribution in [0, 0.1) is 24.0 Å². The van der Waals surface area contributed by atoms with Crippen LogP contribution in [0.3, 0.4) is 0 Å². The summed E-state index contributed by atoms with van der Waals surface area (Å²) < 4.78 is 1.47. The maximum Gasteiger partial charge on any atom is 0.312 e. The molecule has 0 atom stereocenters. The highest BCUT2D eigenvalue weighted by molar-refractivity contribution is 5.90. The van der Waals surface area contributed by atoms with Crippen LogP contribution in [0.1, 0.15) is 23.4 Å². The Bertz CT molecular complexity index is 739. The molecule has 0 unspecified atom stereocenters. The van der Waals surface area contributed by atoms with Crippen molar-refractivity contribution in [3.05, 3.63) is 51.3 Å². The molecule has 23 heavy (non-hydrogen) atoms. The number of carbonyl (C=O) groups is 1. The molecule has 0 aliphatic rings. The van der Waals surface area contributed by atoms with Crippen molar-refractivity contribution in [3.63, 3.8) is 0 Å². The van der Waals surface area contributed by atoms with Crippen LogP contribution in [0.5, 0.6) is 0 Å². The number of hydrogen-bond donors (Lipinski definition) is 2. The van der Waals surface area contributed by atoms with E-state index in [4.69, 9.17) is 5.11 Å². The normalized spacial score (nSPS) is 10.6. The van der Waals surface area contributed by atoms with Crippen molar-refractivity contribution in [2.45, 2.75) is 33.4 Å². The van der Waals surface area contributed by atoms with Gasteiger partial charge in [0, 0.05) is 12.1 Å². The van der Waals surface area contributed by atoms with Crippen molar-refractivity contribution in [2.75, 3.05) is 5.32 Å². The van der Waals surface area contributed by atoms with Crippen molar-refractivity contribution in [3.8, 4) is 0 Å². The van der Waals surface area contributed by atoms with Crippen LogP contribution in [0.2, 0.25) is 0 Å². The molecule has 1 heterocycles. The lowest BCUT2D eigenvalue weighted by molar-refractivity contribution is -0.386. The summed E-state index contributed by atoms with van der Waals surface area (Å²) in [6.07, 6.45) is 0.141. The molecule has 8 nitrogen and oxygen atoms in total. The van der Waals surface area contributed by atoms with E-state index in [0.29, 0.717) is 22.6 Å². The molecule has 0 fully saturated rings. The maximum absolute atomic E-state index is 12.0. The first-order chi connectivity index (χ1) is 10.9. The number of hydrogen-bond acceptors (Lipinski definition) is 5.